The number of benzene rings is 1. The lowest BCUT2D eigenvalue weighted by molar-refractivity contribution is 0.339. The number of fused-ring (bicyclic) bond motifs is 1. The van der Waals surface area contributed by atoms with Crippen LogP contribution in [0.1, 0.15) is 11.6 Å². The first-order valence-electron chi connectivity index (χ1n) is 6.18. The minimum atomic E-state index is 0.0847. The molecule has 0 saturated heterocycles. The average molecular weight is 289 g/mol. The minimum Gasteiger partial charge on any atom is -0.491 e. The van der Waals surface area contributed by atoms with Crippen LogP contribution in [0, 0.1) is 0 Å². The Hall–Kier alpha value is -1.99. The van der Waals surface area contributed by atoms with E-state index in [9.17, 15) is 0 Å². The van der Waals surface area contributed by atoms with Crippen LogP contribution in [0.15, 0.2) is 35.5 Å². The fourth-order valence-corrected chi connectivity index (χ4v) is 2.50. The molecule has 104 valence electrons. The normalized spacial score (nSPS) is 16.4. The van der Waals surface area contributed by atoms with E-state index in [2.05, 4.69) is 26.8 Å². The highest BCUT2D eigenvalue weighted by molar-refractivity contribution is 7.98. The van der Waals surface area contributed by atoms with Crippen LogP contribution in [0.2, 0.25) is 0 Å². The van der Waals surface area contributed by atoms with Crippen molar-refractivity contribution in [3.05, 3.63) is 35.9 Å². The largest absolute Gasteiger partial charge is 0.491 e. The first kappa shape index (κ1) is 13.0. The van der Waals surface area contributed by atoms with Crippen molar-refractivity contribution >= 4 is 23.4 Å². The van der Waals surface area contributed by atoms with Crippen LogP contribution >= 0.6 is 11.8 Å². The molecule has 0 radical (unpaired) electrons. The number of hydrogen-bond donors (Lipinski definition) is 3. The van der Waals surface area contributed by atoms with Crippen LogP contribution < -0.4 is 21.3 Å². The number of ether oxygens (including phenoxy) is 1. The molecule has 0 aliphatic carbocycles. The van der Waals surface area contributed by atoms with Gasteiger partial charge in [0.15, 0.2) is 5.16 Å². The van der Waals surface area contributed by atoms with Crippen molar-refractivity contribution in [2.45, 2.75) is 11.2 Å². The minimum absolute atomic E-state index is 0.0847. The highest BCUT2D eigenvalue weighted by Gasteiger charge is 2.23. The Kier molecular flexibility index (Phi) is 3.62. The number of aromatic nitrogens is 2. The number of nitrogens with one attached hydrogen (secondary N) is 2. The predicted octanol–water partition coefficient (Wildman–Crippen LogP) is 2.03. The van der Waals surface area contributed by atoms with Crippen molar-refractivity contribution in [3.8, 4) is 5.75 Å². The van der Waals surface area contributed by atoms with Crippen molar-refractivity contribution < 1.29 is 4.74 Å². The van der Waals surface area contributed by atoms with E-state index >= 15 is 0 Å². The molecule has 7 heteroatoms. The van der Waals surface area contributed by atoms with Crippen molar-refractivity contribution in [2.24, 2.45) is 5.84 Å². The highest BCUT2D eigenvalue weighted by atomic mass is 32.2. The predicted molar refractivity (Wildman–Crippen MR) is 79.9 cm³/mol. The van der Waals surface area contributed by atoms with Crippen LogP contribution in [-0.4, -0.2) is 22.8 Å². The maximum absolute atomic E-state index is 5.64. The number of thioether (sulfide) groups is 1. The number of nitrogens with two attached hydrogens (primary N) is 1. The van der Waals surface area contributed by atoms with Gasteiger partial charge in [-0.3, -0.25) is 0 Å². The first-order chi connectivity index (χ1) is 9.80. The van der Waals surface area contributed by atoms with E-state index in [0.29, 0.717) is 17.6 Å². The van der Waals surface area contributed by atoms with Crippen molar-refractivity contribution in [1.82, 2.24) is 9.97 Å². The van der Waals surface area contributed by atoms with Crippen LogP contribution in [0.25, 0.3) is 0 Å². The van der Waals surface area contributed by atoms with E-state index < -0.39 is 0 Å². The van der Waals surface area contributed by atoms with Gasteiger partial charge in [-0.05, 0) is 12.3 Å². The zero-order valence-electron chi connectivity index (χ0n) is 11.0. The SMILES string of the molecule is CSc1nc(NN)cc(NC2COc3ccccc32)n1. The number of rotatable bonds is 4. The summed E-state index contributed by atoms with van der Waals surface area (Å²) in [6.45, 7) is 0.587. The van der Waals surface area contributed by atoms with Gasteiger partial charge in [0.1, 0.15) is 24.0 Å². The Morgan fingerprint density at radius 1 is 1.30 bits per heavy atom. The quantitative estimate of drug-likeness (QED) is 0.344. The summed E-state index contributed by atoms with van der Waals surface area (Å²) in [5.41, 5.74) is 3.69. The Labute approximate surface area is 121 Å². The summed E-state index contributed by atoms with van der Waals surface area (Å²) in [6.07, 6.45) is 1.92. The van der Waals surface area contributed by atoms with E-state index in [1.165, 1.54) is 11.8 Å². The standard InChI is InChI=1S/C13H15N5OS/c1-20-13-16-11(6-12(17-13)18-14)15-9-7-19-10-5-3-2-4-8(9)10/h2-6,9H,7,14H2,1H3,(H2,15,16,17,18). The zero-order valence-corrected chi connectivity index (χ0v) is 11.8. The van der Waals surface area contributed by atoms with Crippen molar-refractivity contribution in [3.63, 3.8) is 0 Å². The van der Waals surface area contributed by atoms with Gasteiger partial charge in [0.05, 0.1) is 6.04 Å². The Bertz CT molecular complexity index is 599. The number of hydrazine groups is 1. The van der Waals surface area contributed by atoms with E-state index in [-0.39, 0.29) is 6.04 Å². The maximum Gasteiger partial charge on any atom is 0.191 e. The summed E-state index contributed by atoms with van der Waals surface area (Å²) in [6, 6.07) is 9.86. The molecule has 6 nitrogen and oxygen atoms in total. The van der Waals surface area contributed by atoms with Gasteiger partial charge in [0.25, 0.3) is 0 Å². The second kappa shape index (κ2) is 5.56. The molecular formula is C13H15N5OS. The van der Waals surface area contributed by atoms with E-state index in [1.54, 1.807) is 6.07 Å². The lowest BCUT2D eigenvalue weighted by Gasteiger charge is -2.13. The Morgan fingerprint density at radius 3 is 2.90 bits per heavy atom. The first-order valence-corrected chi connectivity index (χ1v) is 7.40. The van der Waals surface area contributed by atoms with Crippen LogP contribution in [-0.2, 0) is 0 Å². The topological polar surface area (TPSA) is 85.1 Å². The molecule has 0 spiro atoms. The van der Waals surface area contributed by atoms with Gasteiger partial charge in [-0.1, -0.05) is 30.0 Å². The molecule has 1 aliphatic heterocycles. The number of hydrogen-bond acceptors (Lipinski definition) is 7. The van der Waals surface area contributed by atoms with Crippen molar-refractivity contribution in [1.29, 1.82) is 0 Å². The number of anilines is 2. The average Bonchev–Trinajstić information content (AvgIpc) is 2.90. The van der Waals surface area contributed by atoms with Gasteiger partial charge in [-0.15, -0.1) is 0 Å². The van der Waals surface area contributed by atoms with Gasteiger partial charge in [-0.2, -0.15) is 0 Å². The molecule has 20 heavy (non-hydrogen) atoms. The van der Waals surface area contributed by atoms with Crippen molar-refractivity contribution in [2.75, 3.05) is 23.6 Å². The number of nitrogens with zero attached hydrogens (tertiary/aromatic N) is 2. The molecule has 0 fully saturated rings. The van der Waals surface area contributed by atoms with Crippen LogP contribution in [0.4, 0.5) is 11.6 Å². The third-order valence-electron chi connectivity index (χ3n) is 3.06. The summed E-state index contributed by atoms with van der Waals surface area (Å²) in [4.78, 5) is 8.66. The lowest BCUT2D eigenvalue weighted by atomic mass is 10.1. The zero-order chi connectivity index (χ0) is 13.9. The molecule has 1 aromatic carbocycles. The molecule has 1 aliphatic rings. The summed E-state index contributed by atoms with van der Waals surface area (Å²) in [7, 11) is 0. The summed E-state index contributed by atoms with van der Waals surface area (Å²) in [5.74, 6) is 7.65. The molecule has 4 N–H and O–H groups in total. The summed E-state index contributed by atoms with van der Waals surface area (Å²) in [5, 5.41) is 4.02. The van der Waals surface area contributed by atoms with E-state index in [1.807, 2.05) is 24.5 Å². The Morgan fingerprint density at radius 2 is 2.10 bits per heavy atom. The van der Waals surface area contributed by atoms with Gasteiger partial charge in [-0.25, -0.2) is 15.8 Å². The van der Waals surface area contributed by atoms with Gasteiger partial charge in [0, 0.05) is 11.6 Å². The molecule has 0 saturated carbocycles. The maximum atomic E-state index is 5.64. The molecular weight excluding hydrogens is 274 g/mol. The molecule has 1 unspecified atom stereocenters. The molecule has 1 aromatic heterocycles. The van der Waals surface area contributed by atoms with E-state index in [0.717, 1.165) is 17.1 Å². The van der Waals surface area contributed by atoms with Crippen LogP contribution in [0.5, 0.6) is 5.75 Å². The monoisotopic (exact) mass is 289 g/mol. The second-order valence-corrected chi connectivity index (χ2v) is 5.09. The molecule has 0 amide bonds. The molecule has 3 rings (SSSR count). The molecule has 0 bridgehead atoms. The second-order valence-electron chi connectivity index (χ2n) is 4.32. The summed E-state index contributed by atoms with van der Waals surface area (Å²) >= 11 is 1.47. The number of para-hydroxylation sites is 1. The van der Waals surface area contributed by atoms with Gasteiger partial charge >= 0.3 is 0 Å². The molecule has 2 heterocycles. The van der Waals surface area contributed by atoms with Gasteiger partial charge < -0.3 is 15.5 Å². The van der Waals surface area contributed by atoms with E-state index in [4.69, 9.17) is 10.6 Å². The summed E-state index contributed by atoms with van der Waals surface area (Å²) < 4.78 is 5.64. The Balaban J connectivity index is 1.85. The van der Waals surface area contributed by atoms with Gasteiger partial charge in [0.2, 0.25) is 0 Å². The fourth-order valence-electron chi connectivity index (χ4n) is 2.12. The smallest absolute Gasteiger partial charge is 0.191 e. The molecule has 1 atom stereocenters. The number of nitrogen functional groups attached to an aromatic ring is 1. The fraction of sp³-hybridized carbons (Fsp3) is 0.231. The highest BCUT2D eigenvalue weighted by Crippen LogP contribution is 2.34. The third-order valence-corrected chi connectivity index (χ3v) is 3.61. The molecule has 2 aromatic rings. The lowest BCUT2D eigenvalue weighted by Crippen LogP contribution is -2.15. The van der Waals surface area contributed by atoms with Crippen LogP contribution in [0.3, 0.4) is 0 Å². The third kappa shape index (κ3) is 2.50.